The predicted octanol–water partition coefficient (Wildman–Crippen LogP) is 1.33. The molecule has 21 heavy (non-hydrogen) atoms. The molecule has 8 nitrogen and oxygen atoms in total. The van der Waals surface area contributed by atoms with E-state index in [1.807, 2.05) is 6.92 Å². The normalized spacial score (nSPS) is 19.0. The zero-order chi connectivity index (χ0) is 15.4. The first-order valence-corrected chi connectivity index (χ1v) is 6.77. The molecule has 114 valence electrons. The van der Waals surface area contributed by atoms with Crippen molar-refractivity contribution < 1.29 is 14.5 Å². The molecule has 0 bridgehead atoms. The third-order valence-electron chi connectivity index (χ3n) is 3.45. The van der Waals surface area contributed by atoms with Crippen LogP contribution in [-0.2, 0) is 4.74 Å². The fourth-order valence-electron chi connectivity index (χ4n) is 2.30. The first-order valence-electron chi connectivity index (χ1n) is 6.77. The first kappa shape index (κ1) is 15.2. The Kier molecular flexibility index (Phi) is 4.69. The summed E-state index contributed by atoms with van der Waals surface area (Å²) in [7, 11) is 1.61. The lowest BCUT2D eigenvalue weighted by Gasteiger charge is -2.20. The fraction of sp³-hybridized carbons (Fsp3) is 0.538. The molecule has 0 radical (unpaired) electrons. The number of pyridine rings is 1. The van der Waals surface area contributed by atoms with E-state index in [4.69, 9.17) is 4.74 Å². The smallest absolute Gasteiger partial charge is 0.288 e. The number of nitrogens with one attached hydrogen (secondary N) is 2. The maximum absolute atomic E-state index is 12.3. The van der Waals surface area contributed by atoms with Gasteiger partial charge in [0.25, 0.3) is 11.6 Å². The first-order chi connectivity index (χ1) is 10.0. The van der Waals surface area contributed by atoms with Gasteiger partial charge in [-0.1, -0.05) is 0 Å². The lowest BCUT2D eigenvalue weighted by molar-refractivity contribution is -0.385. The summed E-state index contributed by atoms with van der Waals surface area (Å²) in [6.07, 6.45) is 2.98. The van der Waals surface area contributed by atoms with Crippen LogP contribution in [-0.4, -0.2) is 41.6 Å². The summed E-state index contributed by atoms with van der Waals surface area (Å²) in [4.78, 5) is 26.4. The number of rotatable bonds is 5. The van der Waals surface area contributed by atoms with Gasteiger partial charge in [-0.25, -0.2) is 4.98 Å². The second-order valence-corrected chi connectivity index (χ2v) is 4.91. The standard InChI is InChI=1S/C13H18N4O4/c1-8(11-4-3-5-21-11)16-13(18)10-6-9(17(19)20)7-15-12(10)14-2/h6-8,11H,3-5H2,1-2H3,(H,14,15)(H,16,18). The zero-order valence-electron chi connectivity index (χ0n) is 12.0. The molecule has 1 aliphatic heterocycles. The summed E-state index contributed by atoms with van der Waals surface area (Å²) in [6.45, 7) is 2.56. The van der Waals surface area contributed by atoms with Gasteiger partial charge in [-0.05, 0) is 19.8 Å². The predicted molar refractivity (Wildman–Crippen MR) is 76.3 cm³/mol. The van der Waals surface area contributed by atoms with Gasteiger partial charge in [-0.15, -0.1) is 0 Å². The van der Waals surface area contributed by atoms with Gasteiger partial charge in [0, 0.05) is 19.7 Å². The average Bonchev–Trinajstić information content (AvgIpc) is 3.00. The highest BCUT2D eigenvalue weighted by molar-refractivity contribution is 5.99. The Bertz CT molecular complexity index is 543. The number of ether oxygens (including phenoxy) is 1. The third kappa shape index (κ3) is 3.46. The Morgan fingerprint density at radius 3 is 2.95 bits per heavy atom. The number of hydrogen-bond donors (Lipinski definition) is 2. The highest BCUT2D eigenvalue weighted by atomic mass is 16.6. The van der Waals surface area contributed by atoms with Gasteiger partial charge in [-0.2, -0.15) is 0 Å². The maximum atomic E-state index is 12.3. The van der Waals surface area contributed by atoms with Gasteiger partial charge >= 0.3 is 0 Å². The van der Waals surface area contributed by atoms with Gasteiger partial charge in [0.1, 0.15) is 12.0 Å². The van der Waals surface area contributed by atoms with E-state index in [1.165, 1.54) is 6.07 Å². The molecule has 0 saturated carbocycles. The Morgan fingerprint density at radius 1 is 1.62 bits per heavy atom. The molecular weight excluding hydrogens is 276 g/mol. The molecule has 1 amide bonds. The van der Waals surface area contributed by atoms with Gasteiger partial charge in [-0.3, -0.25) is 14.9 Å². The van der Waals surface area contributed by atoms with Crippen LogP contribution in [0.3, 0.4) is 0 Å². The van der Waals surface area contributed by atoms with Crippen molar-refractivity contribution in [1.82, 2.24) is 10.3 Å². The molecule has 1 aromatic rings. The van der Waals surface area contributed by atoms with Gasteiger partial charge in [0.15, 0.2) is 0 Å². The van der Waals surface area contributed by atoms with E-state index in [1.54, 1.807) is 7.05 Å². The van der Waals surface area contributed by atoms with Crippen molar-refractivity contribution in [1.29, 1.82) is 0 Å². The molecule has 0 aromatic carbocycles. The number of carbonyl (C=O) groups excluding carboxylic acids is 1. The zero-order valence-corrected chi connectivity index (χ0v) is 12.0. The van der Waals surface area contributed by atoms with Crippen LogP contribution in [0.2, 0.25) is 0 Å². The van der Waals surface area contributed by atoms with Crippen molar-refractivity contribution in [2.45, 2.75) is 31.9 Å². The summed E-state index contributed by atoms with van der Waals surface area (Å²) in [5, 5.41) is 16.4. The van der Waals surface area contributed by atoms with Crippen LogP contribution < -0.4 is 10.6 Å². The van der Waals surface area contributed by atoms with E-state index in [9.17, 15) is 14.9 Å². The van der Waals surface area contributed by atoms with Crippen LogP contribution in [0.4, 0.5) is 11.5 Å². The summed E-state index contributed by atoms with van der Waals surface area (Å²) in [6, 6.07) is 1.06. The highest BCUT2D eigenvalue weighted by Gasteiger charge is 2.25. The van der Waals surface area contributed by atoms with Crippen molar-refractivity contribution >= 4 is 17.4 Å². The topological polar surface area (TPSA) is 106 Å². The van der Waals surface area contributed by atoms with Crippen molar-refractivity contribution in [3.05, 3.63) is 27.9 Å². The lowest BCUT2D eigenvalue weighted by atomic mass is 10.1. The molecule has 1 aromatic heterocycles. The number of carbonyl (C=O) groups is 1. The molecule has 2 rings (SSSR count). The van der Waals surface area contributed by atoms with Crippen molar-refractivity contribution in [3.63, 3.8) is 0 Å². The molecule has 1 saturated heterocycles. The van der Waals surface area contributed by atoms with Crippen LogP contribution in [0.5, 0.6) is 0 Å². The van der Waals surface area contributed by atoms with Gasteiger partial charge < -0.3 is 15.4 Å². The molecule has 0 aliphatic carbocycles. The van der Waals surface area contributed by atoms with Crippen molar-refractivity contribution in [2.24, 2.45) is 0 Å². The summed E-state index contributed by atoms with van der Waals surface area (Å²) >= 11 is 0. The average molecular weight is 294 g/mol. The number of aromatic nitrogens is 1. The van der Waals surface area contributed by atoms with Gasteiger partial charge in [0.05, 0.1) is 22.6 Å². The largest absolute Gasteiger partial charge is 0.376 e. The quantitative estimate of drug-likeness (QED) is 0.626. The van der Waals surface area contributed by atoms with E-state index in [2.05, 4.69) is 15.6 Å². The minimum Gasteiger partial charge on any atom is -0.376 e. The second-order valence-electron chi connectivity index (χ2n) is 4.91. The Hall–Kier alpha value is -2.22. The van der Waals surface area contributed by atoms with Crippen LogP contribution >= 0.6 is 0 Å². The number of nitrogens with zero attached hydrogens (tertiary/aromatic N) is 2. The minimum atomic E-state index is -0.577. The summed E-state index contributed by atoms with van der Waals surface area (Å²) in [5.41, 5.74) is -0.0690. The van der Waals surface area contributed by atoms with Crippen LogP contribution in [0.25, 0.3) is 0 Å². The fourth-order valence-corrected chi connectivity index (χ4v) is 2.30. The van der Waals surface area contributed by atoms with E-state index in [-0.39, 0.29) is 23.4 Å². The Morgan fingerprint density at radius 2 is 2.38 bits per heavy atom. The van der Waals surface area contributed by atoms with E-state index in [0.29, 0.717) is 12.4 Å². The van der Waals surface area contributed by atoms with E-state index < -0.39 is 10.8 Å². The number of hydrogen-bond acceptors (Lipinski definition) is 6. The summed E-state index contributed by atoms with van der Waals surface area (Å²) in [5.74, 6) is -0.101. The molecule has 2 unspecified atom stereocenters. The van der Waals surface area contributed by atoms with Crippen LogP contribution in [0.15, 0.2) is 12.3 Å². The van der Waals surface area contributed by atoms with E-state index >= 15 is 0 Å². The number of anilines is 1. The molecule has 1 aliphatic rings. The monoisotopic (exact) mass is 294 g/mol. The molecule has 0 spiro atoms. The highest BCUT2D eigenvalue weighted by Crippen LogP contribution is 2.20. The van der Waals surface area contributed by atoms with Crippen molar-refractivity contribution in [3.8, 4) is 0 Å². The SMILES string of the molecule is CNc1ncc([N+](=O)[O-])cc1C(=O)NC(C)C1CCCO1. The lowest BCUT2D eigenvalue weighted by Crippen LogP contribution is -2.41. The van der Waals surface area contributed by atoms with Crippen LogP contribution in [0.1, 0.15) is 30.1 Å². The summed E-state index contributed by atoms with van der Waals surface area (Å²) < 4.78 is 5.52. The molecule has 1 fully saturated rings. The van der Waals surface area contributed by atoms with Crippen molar-refractivity contribution in [2.75, 3.05) is 19.0 Å². The number of amides is 1. The molecule has 8 heteroatoms. The second kappa shape index (κ2) is 6.49. The minimum absolute atomic E-state index is 0.0151. The van der Waals surface area contributed by atoms with Gasteiger partial charge in [0.2, 0.25) is 0 Å². The molecule has 2 atom stereocenters. The van der Waals surface area contributed by atoms with Crippen LogP contribution in [0, 0.1) is 10.1 Å². The third-order valence-corrected chi connectivity index (χ3v) is 3.45. The number of nitro groups is 1. The Balaban J connectivity index is 2.16. The molecule has 2 heterocycles. The Labute approximate surface area is 122 Å². The van der Waals surface area contributed by atoms with E-state index in [0.717, 1.165) is 19.0 Å². The molecule has 2 N–H and O–H groups in total. The maximum Gasteiger partial charge on any atom is 0.288 e. The molecular formula is C13H18N4O4.